The van der Waals surface area contributed by atoms with E-state index in [0.29, 0.717) is 16.7 Å². The van der Waals surface area contributed by atoms with Crippen LogP contribution in [0.2, 0.25) is 0 Å². The monoisotopic (exact) mass is 587 g/mol. The van der Waals surface area contributed by atoms with Crippen molar-refractivity contribution in [2.24, 2.45) is 0 Å². The second-order valence-electron chi connectivity index (χ2n) is 9.80. The summed E-state index contributed by atoms with van der Waals surface area (Å²) in [4.78, 5) is 10.8. The molecule has 0 bridgehead atoms. The Morgan fingerprint density at radius 1 is 0.975 bits per heavy atom. The number of rotatable bonds is 11. The minimum Gasteiger partial charge on any atom is -0.507 e. The first kappa shape index (κ1) is 30.6. The predicted octanol–water partition coefficient (Wildman–Crippen LogP) is 2.99. The van der Waals surface area contributed by atoms with Gasteiger partial charge in [-0.2, -0.15) is 5.26 Å². The molecule has 0 radical (unpaired) electrons. The van der Waals surface area contributed by atoms with E-state index >= 15 is 0 Å². The highest BCUT2D eigenvalue weighted by Crippen LogP contribution is 2.32. The molecular weight excluding hydrogens is 558 g/mol. The Kier molecular flexibility index (Phi) is 9.21. The summed E-state index contributed by atoms with van der Waals surface area (Å²) >= 11 is 0. The number of phenols is 1. The van der Waals surface area contributed by atoms with Crippen molar-refractivity contribution in [3.63, 3.8) is 0 Å². The van der Waals surface area contributed by atoms with E-state index in [1.807, 2.05) is 6.07 Å². The van der Waals surface area contributed by atoms with Crippen LogP contribution in [-0.4, -0.2) is 51.7 Å². The molecule has 0 aliphatic heterocycles. The number of carboxylic acid groups (broad SMARTS) is 1. The van der Waals surface area contributed by atoms with E-state index in [1.54, 1.807) is 51.1 Å². The van der Waals surface area contributed by atoms with Gasteiger partial charge in [0.15, 0.2) is 6.61 Å². The Morgan fingerprint density at radius 2 is 1.68 bits per heavy atom. The number of ether oxygens (including phenoxy) is 1. The smallest absolute Gasteiger partial charge is 0.341 e. The van der Waals surface area contributed by atoms with Crippen LogP contribution in [0.5, 0.6) is 11.5 Å². The highest BCUT2D eigenvalue weighted by Gasteiger charge is 2.25. The van der Waals surface area contributed by atoms with Gasteiger partial charge in [-0.05, 0) is 68.7 Å². The van der Waals surface area contributed by atoms with E-state index in [4.69, 9.17) is 15.1 Å². The number of nitrogens with one attached hydrogen (secondary N) is 2. The first-order chi connectivity index (χ1) is 18.6. The number of hydrogen-bond donors (Lipinski definition) is 4. The zero-order chi connectivity index (χ0) is 29.7. The molecule has 3 rings (SSSR count). The van der Waals surface area contributed by atoms with Gasteiger partial charge in [0.05, 0.1) is 16.5 Å². The molecule has 0 unspecified atom stereocenters. The number of nitrogens with zero attached hydrogens (tertiary/aromatic N) is 1. The maximum Gasteiger partial charge on any atom is 0.341 e. The Bertz CT molecular complexity index is 1670. The molecule has 0 atom stereocenters. The number of aromatic hydroxyl groups is 1. The molecule has 0 heterocycles. The fraction of sp³-hybridized carbons (Fsp3) is 0.259. The number of benzene rings is 3. The molecule has 0 fully saturated rings. The maximum atomic E-state index is 13.1. The molecular formula is C27H29N3O8S2. The number of nitriles is 1. The van der Waals surface area contributed by atoms with E-state index < -0.39 is 48.8 Å². The first-order valence-electron chi connectivity index (χ1n) is 12.0. The molecule has 0 saturated carbocycles. The van der Waals surface area contributed by atoms with Crippen LogP contribution in [-0.2, 0) is 31.3 Å². The zero-order valence-corrected chi connectivity index (χ0v) is 23.6. The Labute approximate surface area is 233 Å². The molecule has 3 aromatic rings. The maximum absolute atomic E-state index is 13.1. The zero-order valence-electron chi connectivity index (χ0n) is 22.0. The van der Waals surface area contributed by atoms with Crippen molar-refractivity contribution in [2.75, 3.05) is 13.2 Å². The third kappa shape index (κ3) is 7.80. The number of carboxylic acids is 1. The Morgan fingerprint density at radius 3 is 2.33 bits per heavy atom. The van der Waals surface area contributed by atoms with Crippen LogP contribution < -0.4 is 14.2 Å². The lowest BCUT2D eigenvalue weighted by Gasteiger charge is -2.22. The van der Waals surface area contributed by atoms with E-state index in [1.165, 1.54) is 18.2 Å². The second kappa shape index (κ2) is 12.1. The van der Waals surface area contributed by atoms with Crippen LogP contribution in [0.3, 0.4) is 0 Å². The van der Waals surface area contributed by atoms with E-state index in [9.17, 15) is 26.7 Å². The molecule has 13 heteroatoms. The Hall–Kier alpha value is -3.96. The molecule has 3 aromatic carbocycles. The lowest BCUT2D eigenvalue weighted by Crippen LogP contribution is -2.40. The summed E-state index contributed by atoms with van der Waals surface area (Å²) in [6, 6.07) is 16.3. The molecule has 0 amide bonds. The SMILES string of the molecule is CC(C)(C)NS(=O)(=O)c1ccccc1-c1ccc(CCNS(=O)(=O)c2cc(C#N)ccc2O)c(OCC(=O)O)c1. The summed E-state index contributed by atoms with van der Waals surface area (Å²) in [6.45, 7) is 4.32. The molecule has 0 spiro atoms. The second-order valence-corrected chi connectivity index (χ2v) is 13.2. The quantitative estimate of drug-likeness (QED) is 0.262. The summed E-state index contributed by atoms with van der Waals surface area (Å²) in [5.41, 5.74) is 0.581. The lowest BCUT2D eigenvalue weighted by molar-refractivity contribution is -0.139. The molecule has 0 aliphatic carbocycles. The Balaban J connectivity index is 1.92. The van der Waals surface area contributed by atoms with Gasteiger partial charge in [-0.3, -0.25) is 0 Å². The van der Waals surface area contributed by atoms with Gasteiger partial charge in [-0.25, -0.2) is 31.1 Å². The van der Waals surface area contributed by atoms with Gasteiger partial charge in [0.1, 0.15) is 16.4 Å². The average molecular weight is 588 g/mol. The first-order valence-corrected chi connectivity index (χ1v) is 14.9. The van der Waals surface area contributed by atoms with Gasteiger partial charge in [0, 0.05) is 17.6 Å². The van der Waals surface area contributed by atoms with E-state index in [2.05, 4.69) is 9.44 Å². The van der Waals surface area contributed by atoms with Crippen LogP contribution in [0.1, 0.15) is 31.9 Å². The van der Waals surface area contributed by atoms with Crippen molar-refractivity contribution < 1.29 is 36.6 Å². The molecule has 11 nitrogen and oxygen atoms in total. The van der Waals surface area contributed by atoms with Gasteiger partial charge in [-0.1, -0.05) is 30.3 Å². The molecule has 40 heavy (non-hydrogen) atoms. The van der Waals surface area contributed by atoms with Crippen molar-refractivity contribution in [3.05, 3.63) is 71.8 Å². The molecule has 4 N–H and O–H groups in total. The summed E-state index contributed by atoms with van der Waals surface area (Å²) in [5.74, 6) is -1.62. The lowest BCUT2D eigenvalue weighted by atomic mass is 10.0. The minimum absolute atomic E-state index is 0.0222. The summed E-state index contributed by atoms with van der Waals surface area (Å²) in [5, 5.41) is 28.2. The highest BCUT2D eigenvalue weighted by atomic mass is 32.2. The third-order valence-corrected chi connectivity index (χ3v) is 8.72. The topological polar surface area (TPSA) is 183 Å². The van der Waals surface area contributed by atoms with Gasteiger partial charge in [0.2, 0.25) is 20.0 Å². The number of aliphatic carboxylic acids is 1. The fourth-order valence-electron chi connectivity index (χ4n) is 3.80. The summed E-state index contributed by atoms with van der Waals surface area (Å²) in [7, 11) is -8.09. The summed E-state index contributed by atoms with van der Waals surface area (Å²) < 4.78 is 62.1. The fourth-order valence-corrected chi connectivity index (χ4v) is 6.60. The van der Waals surface area contributed by atoms with Crippen LogP contribution in [0.4, 0.5) is 0 Å². The third-order valence-electron chi connectivity index (χ3n) is 5.41. The van der Waals surface area contributed by atoms with Gasteiger partial charge in [0.25, 0.3) is 0 Å². The number of phenolic OH excluding ortho intramolecular Hbond substituents is 1. The summed E-state index contributed by atoms with van der Waals surface area (Å²) in [6.07, 6.45) is 0.0681. The standard InChI is InChI=1S/C27H29N3O8S2/c1-27(2,3)30-40(36,37)24-7-5-4-6-21(24)20-10-9-19(23(15-20)38-17-26(32)33)12-13-29-39(34,35)25-14-18(16-28)8-11-22(25)31/h4-11,14-15,29-31H,12-13,17H2,1-3H3,(H,32,33). The molecule has 0 aliphatic rings. The van der Waals surface area contributed by atoms with Crippen molar-refractivity contribution >= 4 is 26.0 Å². The van der Waals surface area contributed by atoms with Crippen molar-refractivity contribution in [1.29, 1.82) is 5.26 Å². The number of sulfonamides is 2. The van der Waals surface area contributed by atoms with Crippen LogP contribution >= 0.6 is 0 Å². The number of carbonyl (C=O) groups is 1. The van der Waals surface area contributed by atoms with Gasteiger partial charge >= 0.3 is 5.97 Å². The highest BCUT2D eigenvalue weighted by molar-refractivity contribution is 7.90. The normalized spacial score (nSPS) is 12.1. The van der Waals surface area contributed by atoms with Crippen molar-refractivity contribution in [3.8, 4) is 28.7 Å². The predicted molar refractivity (Wildman–Crippen MR) is 147 cm³/mol. The average Bonchev–Trinajstić information content (AvgIpc) is 2.86. The van der Waals surface area contributed by atoms with Crippen LogP contribution in [0, 0.1) is 11.3 Å². The van der Waals surface area contributed by atoms with Crippen LogP contribution in [0.25, 0.3) is 11.1 Å². The van der Waals surface area contributed by atoms with Crippen molar-refractivity contribution in [1.82, 2.24) is 9.44 Å². The van der Waals surface area contributed by atoms with Crippen molar-refractivity contribution in [2.45, 2.75) is 42.5 Å². The van der Waals surface area contributed by atoms with Gasteiger partial charge < -0.3 is 14.9 Å². The number of hydrogen-bond acceptors (Lipinski definition) is 8. The van der Waals surface area contributed by atoms with E-state index in [-0.39, 0.29) is 29.2 Å². The van der Waals surface area contributed by atoms with Crippen LogP contribution in [0.15, 0.2) is 70.5 Å². The largest absolute Gasteiger partial charge is 0.507 e. The molecule has 212 valence electrons. The van der Waals surface area contributed by atoms with Gasteiger partial charge in [-0.15, -0.1) is 0 Å². The molecule has 0 saturated heterocycles. The molecule has 0 aromatic heterocycles. The minimum atomic E-state index is -4.18. The van der Waals surface area contributed by atoms with E-state index in [0.717, 1.165) is 12.1 Å².